The number of furan rings is 2. The summed E-state index contributed by atoms with van der Waals surface area (Å²) >= 11 is 1.32. The molecule has 5 rings (SSSR count). The number of carboxylic acid groups (broad SMARTS) is 1. The van der Waals surface area contributed by atoms with Crippen molar-refractivity contribution in [2.45, 2.75) is 6.42 Å². The van der Waals surface area contributed by atoms with Crippen LogP contribution in [0.25, 0.3) is 32.4 Å². The number of fused-ring (bicyclic) bond motifs is 2. The van der Waals surface area contributed by atoms with Crippen LogP contribution >= 0.6 is 11.3 Å². The van der Waals surface area contributed by atoms with Crippen molar-refractivity contribution in [2.75, 3.05) is 0 Å². The molecule has 0 saturated heterocycles. The molecule has 5 aromatic rings. The Hall–Kier alpha value is -3.64. The molecule has 142 valence electrons. The molecule has 0 aliphatic rings. The van der Waals surface area contributed by atoms with Gasteiger partial charge in [0, 0.05) is 22.1 Å². The molecule has 0 fully saturated rings. The third-order valence-corrected chi connectivity index (χ3v) is 5.92. The number of rotatable bonds is 5. The highest BCUT2D eigenvalue weighted by Gasteiger charge is 2.23. The lowest BCUT2D eigenvalue weighted by Crippen LogP contribution is -2.07. The van der Waals surface area contributed by atoms with Gasteiger partial charge in [-0.3, -0.25) is 4.79 Å². The maximum absolute atomic E-state index is 12.7. The fourth-order valence-electron chi connectivity index (χ4n) is 3.46. The summed E-state index contributed by atoms with van der Waals surface area (Å²) in [6.45, 7) is 0. The van der Waals surface area contributed by atoms with E-state index in [0.29, 0.717) is 16.0 Å². The van der Waals surface area contributed by atoms with Crippen molar-refractivity contribution in [3.63, 3.8) is 0 Å². The van der Waals surface area contributed by atoms with E-state index in [1.807, 2.05) is 42.5 Å². The Balaban J connectivity index is 1.51. The highest BCUT2D eigenvalue weighted by atomic mass is 32.1. The average molecular weight is 402 g/mol. The number of thiophene rings is 1. The van der Waals surface area contributed by atoms with E-state index in [4.69, 9.17) is 8.83 Å². The quantitative estimate of drug-likeness (QED) is 0.363. The van der Waals surface area contributed by atoms with Crippen LogP contribution < -0.4 is 0 Å². The molecular formula is C23H14O5S. The fourth-order valence-corrected chi connectivity index (χ4v) is 4.52. The van der Waals surface area contributed by atoms with Crippen molar-refractivity contribution in [1.29, 1.82) is 0 Å². The summed E-state index contributed by atoms with van der Waals surface area (Å²) in [5.74, 6) is -1.07. The number of ketones is 1. The number of carbonyl (C=O) groups excluding carboxylic acids is 1. The molecule has 0 unspecified atom stereocenters. The standard InChI is InChI=1S/C23H14O5S/c24-17(20-11-13-3-1-2-4-19(13)28-20)10-16-12-29-22(21(16)23(25)26)15-5-6-18-14(9-15)7-8-27-18/h1-9,11-12H,10H2,(H,25,26). The van der Waals surface area contributed by atoms with Crippen LogP contribution in [0.2, 0.25) is 0 Å². The van der Waals surface area contributed by atoms with Gasteiger partial charge in [0.25, 0.3) is 0 Å². The fraction of sp³-hybridized carbons (Fsp3) is 0.0435. The van der Waals surface area contributed by atoms with E-state index in [0.717, 1.165) is 21.9 Å². The molecule has 29 heavy (non-hydrogen) atoms. The number of para-hydroxylation sites is 1. The van der Waals surface area contributed by atoms with Crippen LogP contribution in [0.5, 0.6) is 0 Å². The van der Waals surface area contributed by atoms with Gasteiger partial charge in [0.05, 0.1) is 11.8 Å². The van der Waals surface area contributed by atoms with E-state index >= 15 is 0 Å². The van der Waals surface area contributed by atoms with E-state index in [1.54, 1.807) is 23.8 Å². The van der Waals surface area contributed by atoms with Crippen molar-refractivity contribution >= 4 is 45.0 Å². The van der Waals surface area contributed by atoms with Gasteiger partial charge in [-0.05, 0) is 52.9 Å². The minimum Gasteiger partial charge on any atom is -0.478 e. The first-order valence-corrected chi connectivity index (χ1v) is 9.81. The maximum Gasteiger partial charge on any atom is 0.337 e. The molecule has 0 radical (unpaired) electrons. The van der Waals surface area contributed by atoms with Crippen molar-refractivity contribution < 1.29 is 23.5 Å². The Morgan fingerprint density at radius 3 is 2.62 bits per heavy atom. The van der Waals surface area contributed by atoms with Crippen LogP contribution in [0.4, 0.5) is 0 Å². The number of hydrogen-bond acceptors (Lipinski definition) is 5. The zero-order chi connectivity index (χ0) is 20.0. The molecule has 5 nitrogen and oxygen atoms in total. The SMILES string of the molecule is O=C(Cc1csc(-c2ccc3occc3c2)c1C(=O)O)c1cc2ccccc2o1. The van der Waals surface area contributed by atoms with E-state index in [-0.39, 0.29) is 23.5 Å². The first kappa shape index (κ1) is 17.5. The third kappa shape index (κ3) is 3.03. The lowest BCUT2D eigenvalue weighted by Gasteiger charge is -2.03. The molecule has 1 N–H and O–H groups in total. The van der Waals surface area contributed by atoms with Gasteiger partial charge in [-0.25, -0.2) is 4.79 Å². The van der Waals surface area contributed by atoms with Gasteiger partial charge in [-0.1, -0.05) is 18.2 Å². The number of Topliss-reactive ketones (excluding diaryl/α,β-unsaturated/α-hetero) is 1. The van der Waals surface area contributed by atoms with Crippen LogP contribution in [-0.2, 0) is 6.42 Å². The summed E-state index contributed by atoms with van der Waals surface area (Å²) in [5.41, 5.74) is 2.79. The van der Waals surface area contributed by atoms with Crippen molar-refractivity contribution in [2.24, 2.45) is 0 Å². The Bertz CT molecular complexity index is 1350. The topological polar surface area (TPSA) is 80.7 Å². The van der Waals surface area contributed by atoms with Crippen molar-refractivity contribution in [1.82, 2.24) is 0 Å². The summed E-state index contributed by atoms with van der Waals surface area (Å²) in [6.07, 6.45) is 1.56. The highest BCUT2D eigenvalue weighted by molar-refractivity contribution is 7.14. The molecule has 6 heteroatoms. The molecule has 0 aliphatic heterocycles. The number of carboxylic acids is 1. The molecule has 0 aliphatic carbocycles. The lowest BCUT2D eigenvalue weighted by molar-refractivity contribution is 0.0697. The molecular weight excluding hydrogens is 388 g/mol. The summed E-state index contributed by atoms with van der Waals surface area (Å²) in [7, 11) is 0. The minimum absolute atomic E-state index is 0.0358. The van der Waals surface area contributed by atoms with E-state index in [1.165, 1.54) is 11.3 Å². The van der Waals surface area contributed by atoms with Gasteiger partial charge in [0.2, 0.25) is 5.78 Å². The number of carbonyl (C=O) groups is 2. The molecule has 3 aromatic heterocycles. The average Bonchev–Trinajstić information content (AvgIpc) is 3.44. The number of hydrogen-bond donors (Lipinski definition) is 1. The van der Waals surface area contributed by atoms with Gasteiger partial charge in [-0.15, -0.1) is 11.3 Å². The predicted octanol–water partition coefficient (Wildman–Crippen LogP) is 6.03. The maximum atomic E-state index is 12.7. The van der Waals surface area contributed by atoms with Crippen molar-refractivity contribution in [3.8, 4) is 10.4 Å². The third-order valence-electron chi connectivity index (χ3n) is 4.85. The van der Waals surface area contributed by atoms with E-state index in [9.17, 15) is 14.7 Å². The number of aromatic carboxylic acids is 1. The van der Waals surface area contributed by atoms with Gasteiger partial charge in [0.15, 0.2) is 5.76 Å². The van der Waals surface area contributed by atoms with Crippen LogP contribution in [0.1, 0.15) is 26.5 Å². The van der Waals surface area contributed by atoms with Crippen LogP contribution in [-0.4, -0.2) is 16.9 Å². The van der Waals surface area contributed by atoms with Gasteiger partial charge < -0.3 is 13.9 Å². The molecule has 0 amide bonds. The largest absolute Gasteiger partial charge is 0.478 e. The minimum atomic E-state index is -1.05. The Morgan fingerprint density at radius 1 is 0.966 bits per heavy atom. The highest BCUT2D eigenvalue weighted by Crippen LogP contribution is 2.35. The zero-order valence-corrected chi connectivity index (χ0v) is 15.9. The normalized spacial score (nSPS) is 11.3. The molecule has 0 spiro atoms. The van der Waals surface area contributed by atoms with Gasteiger partial charge in [-0.2, -0.15) is 0 Å². The first-order chi connectivity index (χ1) is 14.1. The monoisotopic (exact) mass is 402 g/mol. The second-order valence-electron chi connectivity index (χ2n) is 6.69. The van der Waals surface area contributed by atoms with Crippen LogP contribution in [0.15, 0.2) is 75.1 Å². The van der Waals surface area contributed by atoms with E-state index < -0.39 is 5.97 Å². The summed E-state index contributed by atoms with van der Waals surface area (Å²) in [6, 6.07) is 16.4. The Kier molecular flexibility index (Phi) is 4.07. The zero-order valence-electron chi connectivity index (χ0n) is 15.0. The van der Waals surface area contributed by atoms with Crippen molar-refractivity contribution in [3.05, 3.63) is 83.1 Å². The molecule has 2 aromatic carbocycles. The predicted molar refractivity (Wildman–Crippen MR) is 111 cm³/mol. The molecule has 0 atom stereocenters. The van der Waals surface area contributed by atoms with Crippen LogP contribution in [0, 0.1) is 0 Å². The molecule has 0 saturated carbocycles. The van der Waals surface area contributed by atoms with Gasteiger partial charge in [0.1, 0.15) is 11.2 Å². The van der Waals surface area contributed by atoms with Gasteiger partial charge >= 0.3 is 5.97 Å². The number of benzene rings is 2. The Labute approximate surface area is 168 Å². The second-order valence-corrected chi connectivity index (χ2v) is 7.57. The molecule has 0 bridgehead atoms. The van der Waals surface area contributed by atoms with Crippen LogP contribution in [0.3, 0.4) is 0 Å². The second kappa shape index (κ2) is 6.76. The lowest BCUT2D eigenvalue weighted by atomic mass is 10.0. The van der Waals surface area contributed by atoms with E-state index in [2.05, 4.69) is 0 Å². The first-order valence-electron chi connectivity index (χ1n) is 8.93. The Morgan fingerprint density at radius 2 is 1.79 bits per heavy atom. The molecule has 3 heterocycles. The summed E-state index contributed by atoms with van der Waals surface area (Å²) in [5, 5.41) is 13.3. The summed E-state index contributed by atoms with van der Waals surface area (Å²) < 4.78 is 11.0. The summed E-state index contributed by atoms with van der Waals surface area (Å²) in [4.78, 5) is 25.4. The smallest absolute Gasteiger partial charge is 0.337 e.